The highest BCUT2D eigenvalue weighted by Crippen LogP contribution is 2.50. The second kappa shape index (κ2) is 7.09. The van der Waals surface area contributed by atoms with Crippen LogP contribution in [0, 0.1) is 0 Å². The number of rotatable bonds is 3. The minimum atomic E-state index is -0.460. The number of carbonyl (C=O) groups excluding carboxylic acids is 2. The molecule has 2 aromatic rings. The molecule has 4 rings (SSSR count). The number of benzene rings is 2. The summed E-state index contributed by atoms with van der Waals surface area (Å²) >= 11 is 0. The van der Waals surface area contributed by atoms with E-state index in [1.54, 1.807) is 0 Å². The van der Waals surface area contributed by atoms with E-state index in [0.29, 0.717) is 23.3 Å². The average Bonchev–Trinajstić information content (AvgIpc) is 3.18. The summed E-state index contributed by atoms with van der Waals surface area (Å²) in [5.74, 6) is 0.478. The van der Waals surface area contributed by atoms with Crippen LogP contribution in [0.1, 0.15) is 45.6 Å². The first kappa shape index (κ1) is 18.7. The SMILES string of the molecule is CC(=O)Oc1c(OC(=O)[C@@H]2CCCN2)c2c(c3ccccc13)OC(C)(C)CC2. The van der Waals surface area contributed by atoms with Crippen molar-refractivity contribution < 1.29 is 23.8 Å². The zero-order chi connectivity index (χ0) is 19.9. The Morgan fingerprint density at radius 1 is 1.14 bits per heavy atom. The van der Waals surface area contributed by atoms with Crippen LogP contribution in [-0.4, -0.2) is 30.1 Å². The monoisotopic (exact) mass is 383 g/mol. The Labute approximate surface area is 164 Å². The molecule has 1 atom stereocenters. The van der Waals surface area contributed by atoms with E-state index in [0.717, 1.165) is 36.8 Å². The molecule has 2 aliphatic heterocycles. The van der Waals surface area contributed by atoms with Crippen molar-refractivity contribution in [2.45, 2.75) is 58.1 Å². The van der Waals surface area contributed by atoms with Gasteiger partial charge in [0.15, 0.2) is 11.5 Å². The molecule has 2 aliphatic rings. The van der Waals surface area contributed by atoms with Gasteiger partial charge in [0.25, 0.3) is 0 Å². The molecule has 148 valence electrons. The summed E-state index contributed by atoms with van der Waals surface area (Å²) in [6.07, 6.45) is 3.11. The van der Waals surface area contributed by atoms with Gasteiger partial charge in [-0.3, -0.25) is 4.79 Å². The quantitative estimate of drug-likeness (QED) is 0.646. The number of hydrogen-bond acceptors (Lipinski definition) is 6. The lowest BCUT2D eigenvalue weighted by Gasteiger charge is -2.34. The summed E-state index contributed by atoms with van der Waals surface area (Å²) in [4.78, 5) is 24.6. The lowest BCUT2D eigenvalue weighted by atomic mass is 9.91. The number of nitrogens with one attached hydrogen (secondary N) is 1. The minimum Gasteiger partial charge on any atom is -0.487 e. The molecule has 28 heavy (non-hydrogen) atoms. The zero-order valence-corrected chi connectivity index (χ0v) is 16.5. The van der Waals surface area contributed by atoms with Gasteiger partial charge in [-0.05, 0) is 46.1 Å². The number of fused-ring (bicyclic) bond motifs is 3. The maximum atomic E-state index is 12.7. The number of hydrogen-bond donors (Lipinski definition) is 1. The summed E-state index contributed by atoms with van der Waals surface area (Å²) in [5.41, 5.74) is 0.452. The first-order valence-electron chi connectivity index (χ1n) is 9.76. The van der Waals surface area contributed by atoms with Gasteiger partial charge in [-0.15, -0.1) is 0 Å². The van der Waals surface area contributed by atoms with Crippen molar-refractivity contribution >= 4 is 22.7 Å². The summed E-state index contributed by atoms with van der Waals surface area (Å²) < 4.78 is 17.7. The van der Waals surface area contributed by atoms with Crippen LogP contribution in [0.5, 0.6) is 17.2 Å². The molecule has 2 aromatic carbocycles. The Bertz CT molecular complexity index is 944. The highest BCUT2D eigenvalue weighted by Gasteiger charge is 2.35. The van der Waals surface area contributed by atoms with Crippen LogP contribution in [-0.2, 0) is 16.0 Å². The van der Waals surface area contributed by atoms with Gasteiger partial charge >= 0.3 is 11.9 Å². The van der Waals surface area contributed by atoms with E-state index in [1.165, 1.54) is 6.92 Å². The molecular weight excluding hydrogens is 358 g/mol. The predicted molar refractivity (Wildman–Crippen MR) is 105 cm³/mol. The summed E-state index contributed by atoms with van der Waals surface area (Å²) in [7, 11) is 0. The maximum absolute atomic E-state index is 12.7. The van der Waals surface area contributed by atoms with Gasteiger partial charge in [0.1, 0.15) is 17.4 Å². The molecule has 1 fully saturated rings. The van der Waals surface area contributed by atoms with Crippen molar-refractivity contribution in [1.29, 1.82) is 0 Å². The molecule has 0 bridgehead atoms. The lowest BCUT2D eigenvalue weighted by molar-refractivity contribution is -0.137. The number of ether oxygens (including phenoxy) is 3. The van der Waals surface area contributed by atoms with Crippen LogP contribution < -0.4 is 19.5 Å². The van der Waals surface area contributed by atoms with E-state index in [4.69, 9.17) is 14.2 Å². The standard InChI is InChI=1S/C22H25NO5/c1-13(24)26-19-15-8-5-4-7-14(15)18-16(10-11-22(2,3)28-18)20(19)27-21(25)17-9-6-12-23-17/h4-5,7-8,17,23H,6,9-12H2,1-3H3/t17-/m0/s1. The van der Waals surface area contributed by atoms with E-state index in [2.05, 4.69) is 5.32 Å². The normalized spacial score (nSPS) is 20.3. The maximum Gasteiger partial charge on any atom is 0.328 e. The Kier molecular flexibility index (Phi) is 4.75. The highest BCUT2D eigenvalue weighted by molar-refractivity contribution is 5.99. The largest absolute Gasteiger partial charge is 0.487 e. The Balaban J connectivity index is 1.90. The van der Waals surface area contributed by atoms with E-state index in [-0.39, 0.29) is 23.4 Å². The fourth-order valence-electron chi connectivity index (χ4n) is 3.91. The van der Waals surface area contributed by atoms with Crippen LogP contribution in [0.25, 0.3) is 10.8 Å². The van der Waals surface area contributed by atoms with Crippen molar-refractivity contribution in [1.82, 2.24) is 5.32 Å². The zero-order valence-electron chi connectivity index (χ0n) is 16.5. The summed E-state index contributed by atoms with van der Waals surface area (Å²) in [6.45, 7) is 6.22. The second-order valence-corrected chi connectivity index (χ2v) is 8.04. The van der Waals surface area contributed by atoms with Gasteiger partial charge in [0.05, 0.1) is 0 Å². The van der Waals surface area contributed by atoms with E-state index >= 15 is 0 Å². The molecule has 0 radical (unpaired) electrons. The highest BCUT2D eigenvalue weighted by atomic mass is 16.6. The van der Waals surface area contributed by atoms with Crippen LogP contribution in [0.4, 0.5) is 0 Å². The van der Waals surface area contributed by atoms with E-state index in [9.17, 15) is 9.59 Å². The predicted octanol–water partition coefficient (Wildman–Crippen LogP) is 3.53. The average molecular weight is 383 g/mol. The number of esters is 2. The molecule has 0 aliphatic carbocycles. The van der Waals surface area contributed by atoms with Crippen LogP contribution in [0.15, 0.2) is 24.3 Å². The van der Waals surface area contributed by atoms with Crippen molar-refractivity contribution in [3.8, 4) is 17.2 Å². The Morgan fingerprint density at radius 2 is 1.89 bits per heavy atom. The number of carbonyl (C=O) groups is 2. The van der Waals surface area contributed by atoms with Gasteiger partial charge in [-0.25, -0.2) is 4.79 Å². The summed E-state index contributed by atoms with van der Waals surface area (Å²) in [6, 6.07) is 7.23. The fourth-order valence-corrected chi connectivity index (χ4v) is 3.91. The first-order chi connectivity index (χ1) is 13.4. The van der Waals surface area contributed by atoms with Crippen LogP contribution >= 0.6 is 0 Å². The first-order valence-corrected chi connectivity index (χ1v) is 9.76. The van der Waals surface area contributed by atoms with Gasteiger partial charge in [0.2, 0.25) is 0 Å². The molecule has 0 unspecified atom stereocenters. The Morgan fingerprint density at radius 3 is 2.57 bits per heavy atom. The Hall–Kier alpha value is -2.60. The van der Waals surface area contributed by atoms with Gasteiger partial charge < -0.3 is 19.5 Å². The smallest absolute Gasteiger partial charge is 0.328 e. The van der Waals surface area contributed by atoms with Crippen molar-refractivity contribution in [3.63, 3.8) is 0 Å². The van der Waals surface area contributed by atoms with Gasteiger partial charge in [-0.2, -0.15) is 0 Å². The molecule has 0 amide bonds. The van der Waals surface area contributed by atoms with Crippen molar-refractivity contribution in [2.75, 3.05) is 6.54 Å². The molecule has 1 saturated heterocycles. The van der Waals surface area contributed by atoms with Gasteiger partial charge in [0, 0.05) is 23.3 Å². The molecule has 1 N–H and O–H groups in total. The molecule has 0 spiro atoms. The molecular formula is C22H25NO5. The summed E-state index contributed by atoms with van der Waals surface area (Å²) in [5, 5.41) is 4.69. The molecule has 2 heterocycles. The molecule has 6 nitrogen and oxygen atoms in total. The topological polar surface area (TPSA) is 73.9 Å². The van der Waals surface area contributed by atoms with E-state index < -0.39 is 5.97 Å². The molecule has 6 heteroatoms. The van der Waals surface area contributed by atoms with Crippen LogP contribution in [0.3, 0.4) is 0 Å². The second-order valence-electron chi connectivity index (χ2n) is 8.04. The molecule has 0 saturated carbocycles. The van der Waals surface area contributed by atoms with Crippen LogP contribution in [0.2, 0.25) is 0 Å². The molecule has 0 aromatic heterocycles. The third kappa shape index (κ3) is 3.44. The van der Waals surface area contributed by atoms with Gasteiger partial charge in [-0.1, -0.05) is 24.3 Å². The lowest BCUT2D eigenvalue weighted by Crippen LogP contribution is -2.36. The third-order valence-electron chi connectivity index (χ3n) is 5.32. The van der Waals surface area contributed by atoms with E-state index in [1.807, 2.05) is 38.1 Å². The van der Waals surface area contributed by atoms with Crippen molar-refractivity contribution in [3.05, 3.63) is 29.8 Å². The third-order valence-corrected chi connectivity index (χ3v) is 5.32. The minimum absolute atomic E-state index is 0.288. The fraction of sp³-hybridized carbons (Fsp3) is 0.455. The van der Waals surface area contributed by atoms with Crippen molar-refractivity contribution in [2.24, 2.45) is 0 Å².